The summed E-state index contributed by atoms with van der Waals surface area (Å²) in [7, 11) is 0. The maximum atomic E-state index is 5.90. The molecule has 0 amide bonds. The number of hydrogen-bond donors (Lipinski definition) is 0. The quantitative estimate of drug-likeness (QED) is 0.793. The first-order valence-electron chi connectivity index (χ1n) is 6.53. The molecule has 2 aromatic carbocycles. The van der Waals surface area contributed by atoms with E-state index in [0.29, 0.717) is 0 Å². The lowest BCUT2D eigenvalue weighted by molar-refractivity contribution is -0.0429. The topological polar surface area (TPSA) is 36.9 Å². The van der Waals surface area contributed by atoms with Crippen molar-refractivity contribution in [3.05, 3.63) is 36.4 Å². The first-order chi connectivity index (χ1) is 9.62. The van der Waals surface area contributed by atoms with Gasteiger partial charge in [-0.05, 0) is 23.8 Å². The fraction of sp³-hybridized carbons (Fsp3) is 0.250. The van der Waals surface area contributed by atoms with Gasteiger partial charge < -0.3 is 18.9 Å². The molecule has 2 aromatic rings. The molecule has 0 radical (unpaired) electrons. The van der Waals surface area contributed by atoms with E-state index in [4.69, 9.17) is 18.9 Å². The lowest BCUT2D eigenvalue weighted by Gasteiger charge is -2.16. The second-order valence-electron chi connectivity index (χ2n) is 5.30. The molecule has 2 heterocycles. The summed E-state index contributed by atoms with van der Waals surface area (Å²) in [6, 6.07) is 11.8. The van der Waals surface area contributed by atoms with Gasteiger partial charge in [-0.15, -0.1) is 0 Å². The molecule has 4 nitrogen and oxygen atoms in total. The molecule has 20 heavy (non-hydrogen) atoms. The van der Waals surface area contributed by atoms with Crippen molar-refractivity contribution < 1.29 is 18.9 Å². The van der Waals surface area contributed by atoms with Crippen LogP contribution in [-0.4, -0.2) is 12.6 Å². The van der Waals surface area contributed by atoms with Gasteiger partial charge in [0.15, 0.2) is 23.0 Å². The van der Waals surface area contributed by atoms with Crippen LogP contribution in [0.3, 0.4) is 0 Å². The Morgan fingerprint density at radius 3 is 2.65 bits per heavy atom. The van der Waals surface area contributed by atoms with Crippen molar-refractivity contribution in [2.24, 2.45) is 0 Å². The van der Waals surface area contributed by atoms with E-state index in [0.717, 1.165) is 34.1 Å². The number of hydrogen-bond acceptors (Lipinski definition) is 4. The Bertz CT molecular complexity index is 691. The van der Waals surface area contributed by atoms with Crippen LogP contribution < -0.4 is 18.9 Å². The molecule has 0 spiro atoms. The van der Waals surface area contributed by atoms with E-state index in [-0.39, 0.29) is 6.79 Å². The fourth-order valence-electron chi connectivity index (χ4n) is 2.52. The standard InChI is InChI=1S/C16H14O4/c1-16(2)19-13-5-3-4-11(15(13)20-16)10-6-7-12-14(8-10)18-9-17-12/h3-8H,9H2,1-2H3. The van der Waals surface area contributed by atoms with Gasteiger partial charge in [0.05, 0.1) is 0 Å². The van der Waals surface area contributed by atoms with Gasteiger partial charge >= 0.3 is 0 Å². The predicted octanol–water partition coefficient (Wildman–Crippen LogP) is 3.59. The minimum absolute atomic E-state index is 0.276. The first-order valence-corrected chi connectivity index (χ1v) is 6.53. The number of ether oxygens (including phenoxy) is 4. The minimum atomic E-state index is -0.630. The monoisotopic (exact) mass is 270 g/mol. The lowest BCUT2D eigenvalue weighted by atomic mass is 10.0. The molecule has 4 rings (SSSR count). The molecule has 0 atom stereocenters. The molecule has 0 saturated heterocycles. The van der Waals surface area contributed by atoms with Crippen LogP contribution in [-0.2, 0) is 0 Å². The molecule has 0 aromatic heterocycles. The molecule has 0 unspecified atom stereocenters. The number of fused-ring (bicyclic) bond motifs is 2. The van der Waals surface area contributed by atoms with E-state index in [1.54, 1.807) is 0 Å². The average Bonchev–Trinajstić information content (AvgIpc) is 2.98. The van der Waals surface area contributed by atoms with Gasteiger partial charge in [-0.25, -0.2) is 0 Å². The predicted molar refractivity (Wildman–Crippen MR) is 73.3 cm³/mol. The fourth-order valence-corrected chi connectivity index (χ4v) is 2.52. The highest BCUT2D eigenvalue weighted by molar-refractivity contribution is 5.76. The third kappa shape index (κ3) is 1.68. The summed E-state index contributed by atoms with van der Waals surface area (Å²) in [6.07, 6.45) is 0. The summed E-state index contributed by atoms with van der Waals surface area (Å²) in [5, 5.41) is 0. The summed E-state index contributed by atoms with van der Waals surface area (Å²) in [5.74, 6) is 2.45. The highest BCUT2D eigenvalue weighted by atomic mass is 16.7. The molecule has 0 saturated carbocycles. The molecule has 2 aliphatic rings. The molecule has 0 aliphatic carbocycles. The second kappa shape index (κ2) is 3.82. The van der Waals surface area contributed by atoms with Crippen molar-refractivity contribution in [2.45, 2.75) is 19.6 Å². The highest BCUT2D eigenvalue weighted by Crippen LogP contribution is 2.47. The van der Waals surface area contributed by atoms with E-state index in [2.05, 4.69) is 0 Å². The Morgan fingerprint density at radius 1 is 0.900 bits per heavy atom. The summed E-state index contributed by atoms with van der Waals surface area (Å²) in [6.45, 7) is 4.07. The number of para-hydroxylation sites is 1. The second-order valence-corrected chi connectivity index (χ2v) is 5.30. The maximum Gasteiger partial charge on any atom is 0.246 e. The summed E-state index contributed by atoms with van der Waals surface area (Å²) in [4.78, 5) is 0. The Morgan fingerprint density at radius 2 is 1.75 bits per heavy atom. The van der Waals surface area contributed by atoms with Gasteiger partial charge in [0.2, 0.25) is 12.6 Å². The average molecular weight is 270 g/mol. The molecule has 0 bridgehead atoms. The smallest absolute Gasteiger partial charge is 0.246 e. The summed E-state index contributed by atoms with van der Waals surface area (Å²) < 4.78 is 22.4. The molecule has 0 fully saturated rings. The third-order valence-corrected chi connectivity index (χ3v) is 3.37. The summed E-state index contributed by atoms with van der Waals surface area (Å²) in [5.41, 5.74) is 2.01. The van der Waals surface area contributed by atoms with Crippen molar-refractivity contribution >= 4 is 0 Å². The van der Waals surface area contributed by atoms with Crippen molar-refractivity contribution in [3.63, 3.8) is 0 Å². The van der Waals surface area contributed by atoms with Crippen molar-refractivity contribution in [1.29, 1.82) is 0 Å². The lowest BCUT2D eigenvalue weighted by Crippen LogP contribution is -2.29. The Balaban J connectivity index is 1.83. The van der Waals surface area contributed by atoms with Gasteiger partial charge in [-0.2, -0.15) is 0 Å². The van der Waals surface area contributed by atoms with E-state index in [1.807, 2.05) is 50.2 Å². The Labute approximate surface area is 116 Å². The number of benzene rings is 2. The normalized spacial score (nSPS) is 17.3. The van der Waals surface area contributed by atoms with Crippen LogP contribution in [0.4, 0.5) is 0 Å². The van der Waals surface area contributed by atoms with Crippen LogP contribution in [0.25, 0.3) is 11.1 Å². The Hall–Kier alpha value is -2.36. The van der Waals surface area contributed by atoms with Crippen LogP contribution in [0, 0.1) is 0 Å². The van der Waals surface area contributed by atoms with E-state index >= 15 is 0 Å². The van der Waals surface area contributed by atoms with Gasteiger partial charge in [0, 0.05) is 19.4 Å². The molecular formula is C16H14O4. The zero-order valence-corrected chi connectivity index (χ0v) is 11.3. The van der Waals surface area contributed by atoms with E-state index in [9.17, 15) is 0 Å². The summed E-state index contributed by atoms with van der Waals surface area (Å²) >= 11 is 0. The molecular weight excluding hydrogens is 256 g/mol. The van der Waals surface area contributed by atoms with Gasteiger partial charge in [0.1, 0.15) is 0 Å². The molecule has 4 heteroatoms. The zero-order valence-electron chi connectivity index (χ0n) is 11.3. The molecule has 2 aliphatic heterocycles. The van der Waals surface area contributed by atoms with Gasteiger partial charge in [-0.3, -0.25) is 0 Å². The molecule has 0 N–H and O–H groups in total. The van der Waals surface area contributed by atoms with E-state index < -0.39 is 5.79 Å². The van der Waals surface area contributed by atoms with E-state index in [1.165, 1.54) is 0 Å². The van der Waals surface area contributed by atoms with Crippen LogP contribution in [0.1, 0.15) is 13.8 Å². The van der Waals surface area contributed by atoms with Crippen LogP contribution in [0.5, 0.6) is 23.0 Å². The third-order valence-electron chi connectivity index (χ3n) is 3.37. The largest absolute Gasteiger partial charge is 0.454 e. The highest BCUT2D eigenvalue weighted by Gasteiger charge is 2.33. The Kier molecular flexibility index (Phi) is 2.19. The maximum absolute atomic E-state index is 5.90. The van der Waals surface area contributed by atoms with Crippen LogP contribution in [0.15, 0.2) is 36.4 Å². The zero-order chi connectivity index (χ0) is 13.7. The van der Waals surface area contributed by atoms with Crippen molar-refractivity contribution in [1.82, 2.24) is 0 Å². The van der Waals surface area contributed by atoms with Crippen molar-refractivity contribution in [2.75, 3.05) is 6.79 Å². The SMILES string of the molecule is CC1(C)Oc2cccc(-c3ccc4c(c3)OCO4)c2O1. The van der Waals surface area contributed by atoms with Crippen molar-refractivity contribution in [3.8, 4) is 34.1 Å². The first kappa shape index (κ1) is 11.5. The minimum Gasteiger partial charge on any atom is -0.454 e. The molecule has 102 valence electrons. The van der Waals surface area contributed by atoms with Gasteiger partial charge in [0.25, 0.3) is 0 Å². The number of rotatable bonds is 1. The van der Waals surface area contributed by atoms with Gasteiger partial charge in [-0.1, -0.05) is 18.2 Å². The van der Waals surface area contributed by atoms with Crippen LogP contribution in [0.2, 0.25) is 0 Å². The van der Waals surface area contributed by atoms with Crippen LogP contribution >= 0.6 is 0 Å².